The number of halogens is 3. The van der Waals surface area contributed by atoms with Gasteiger partial charge >= 0.3 is 12.1 Å². The lowest BCUT2D eigenvalue weighted by atomic mass is 10.2. The van der Waals surface area contributed by atoms with Gasteiger partial charge in [-0.2, -0.15) is 13.2 Å². The largest absolute Gasteiger partial charge is 0.422 e. The Morgan fingerprint density at radius 2 is 2.23 bits per heavy atom. The Morgan fingerprint density at radius 3 is 2.86 bits per heavy atom. The number of anilines is 1. The van der Waals surface area contributed by atoms with Crippen molar-refractivity contribution in [3.8, 4) is 0 Å². The van der Waals surface area contributed by atoms with Crippen LogP contribution in [0, 0.1) is 0 Å². The van der Waals surface area contributed by atoms with Crippen LogP contribution in [0.2, 0.25) is 0 Å². The van der Waals surface area contributed by atoms with Crippen LogP contribution in [0.3, 0.4) is 0 Å². The molecule has 1 unspecified atom stereocenters. The summed E-state index contributed by atoms with van der Waals surface area (Å²) in [4.78, 5) is 9.35. The second-order valence-corrected chi connectivity index (χ2v) is 5.02. The van der Waals surface area contributed by atoms with Gasteiger partial charge in [0, 0.05) is 12.3 Å². The van der Waals surface area contributed by atoms with Crippen LogP contribution in [0.1, 0.15) is 18.7 Å². The van der Waals surface area contributed by atoms with E-state index in [1.54, 1.807) is 13.1 Å². The lowest BCUT2D eigenvalue weighted by Crippen LogP contribution is -2.46. The molecule has 0 amide bonds. The molecule has 0 saturated carbocycles. The molecule has 0 aliphatic carbocycles. The summed E-state index contributed by atoms with van der Waals surface area (Å²) < 4.78 is 40.0. The lowest BCUT2D eigenvalue weighted by Gasteiger charge is -2.19. The summed E-state index contributed by atoms with van der Waals surface area (Å²) in [6.07, 6.45) is 0.760. The Kier molecular flexibility index (Phi) is 4.53. The van der Waals surface area contributed by atoms with Crippen LogP contribution >= 0.6 is 0 Å². The highest BCUT2D eigenvalue weighted by atomic mass is 19.4. The lowest BCUT2D eigenvalue weighted by molar-refractivity contribution is -0.583. The first kappa shape index (κ1) is 16.1. The zero-order chi connectivity index (χ0) is 16.3. The van der Waals surface area contributed by atoms with Gasteiger partial charge in [0.2, 0.25) is 0 Å². The average Bonchev–Trinajstić information content (AvgIpc) is 2.93. The van der Waals surface area contributed by atoms with E-state index in [0.29, 0.717) is 18.1 Å². The van der Waals surface area contributed by atoms with Crippen molar-refractivity contribution < 1.29 is 17.7 Å². The Hall–Kier alpha value is -2.32. The summed E-state index contributed by atoms with van der Waals surface area (Å²) in [6.45, 7) is 0.281. The predicted octanol–water partition coefficient (Wildman–Crippen LogP) is 1.01. The normalized spacial score (nSPS) is 21.4. The van der Waals surface area contributed by atoms with E-state index in [0.717, 1.165) is 0 Å². The Labute approximate surface area is 126 Å². The number of hydrogen-bond acceptors (Lipinski definition) is 3. The van der Waals surface area contributed by atoms with Crippen LogP contribution in [-0.4, -0.2) is 51.2 Å². The second kappa shape index (κ2) is 6.20. The average molecular weight is 315 g/mol. The van der Waals surface area contributed by atoms with Crippen molar-refractivity contribution in [3.05, 3.63) is 24.3 Å². The van der Waals surface area contributed by atoms with Crippen LogP contribution in [0.4, 0.5) is 19.0 Å². The van der Waals surface area contributed by atoms with Gasteiger partial charge < -0.3 is 5.73 Å². The molecular weight excluding hydrogens is 297 g/mol. The zero-order valence-electron chi connectivity index (χ0n) is 12.1. The molecule has 2 rings (SSSR count). The summed E-state index contributed by atoms with van der Waals surface area (Å²) >= 11 is 0. The summed E-state index contributed by atoms with van der Waals surface area (Å²) in [7, 11) is 1.57. The van der Waals surface area contributed by atoms with Gasteiger partial charge in [0.25, 0.3) is 0 Å². The first-order valence-corrected chi connectivity index (χ1v) is 6.74. The molecule has 0 bridgehead atoms. The quantitative estimate of drug-likeness (QED) is 0.629. The molecule has 4 N–H and O–H groups in total. The molecule has 2 heterocycles. The molecule has 9 heteroatoms. The fourth-order valence-corrected chi connectivity index (χ4v) is 2.31. The number of nitrogens with two attached hydrogens (primary N) is 2. The number of guanidine groups is 1. The standard InChI is InChI=1S/C13H17F3N6/c1-21(8-5-11-19-6-4-10(17)20-11)12(18)22-7-2-3-9(22)13(14,15)16/h4-6,8-9,18H,2-3,7H2,1H3,(H2,17,19,20)/p+1. The predicted molar refractivity (Wildman–Crippen MR) is 76.6 cm³/mol. The summed E-state index contributed by atoms with van der Waals surface area (Å²) in [5.74, 6) is 0.708. The van der Waals surface area contributed by atoms with E-state index in [-0.39, 0.29) is 18.9 Å². The van der Waals surface area contributed by atoms with Gasteiger partial charge in [0.15, 0.2) is 11.9 Å². The number of alkyl halides is 3. The monoisotopic (exact) mass is 315 g/mol. The molecular formula is C13H18F3N6+. The van der Waals surface area contributed by atoms with Crippen molar-refractivity contribution in [3.63, 3.8) is 0 Å². The zero-order valence-corrected chi connectivity index (χ0v) is 12.1. The van der Waals surface area contributed by atoms with Gasteiger partial charge in [-0.1, -0.05) is 0 Å². The van der Waals surface area contributed by atoms with Gasteiger partial charge in [-0.15, -0.1) is 0 Å². The molecule has 0 radical (unpaired) electrons. The minimum absolute atomic E-state index is 0.0416. The molecule has 22 heavy (non-hydrogen) atoms. The van der Waals surface area contributed by atoms with E-state index in [1.165, 1.54) is 27.9 Å². The fraction of sp³-hybridized carbons (Fsp3) is 0.462. The Bertz CT molecular complexity index is 596. The number of hydrogen-bond donors (Lipinski definition) is 2. The van der Waals surface area contributed by atoms with E-state index < -0.39 is 12.2 Å². The smallest absolute Gasteiger partial charge is 0.384 e. The Balaban J connectivity index is 2.17. The van der Waals surface area contributed by atoms with E-state index in [2.05, 4.69) is 9.97 Å². The van der Waals surface area contributed by atoms with Crippen molar-refractivity contribution in [2.75, 3.05) is 19.3 Å². The molecule has 120 valence electrons. The maximum Gasteiger partial charge on any atom is 0.422 e. The van der Waals surface area contributed by atoms with Crippen molar-refractivity contribution >= 4 is 17.9 Å². The number of aromatic nitrogens is 2. The topological polar surface area (TPSA) is 84.1 Å². The first-order valence-electron chi connectivity index (χ1n) is 6.74. The summed E-state index contributed by atoms with van der Waals surface area (Å²) in [6, 6.07) is 0.00616. The third-order valence-electron chi connectivity index (χ3n) is 3.43. The first-order chi connectivity index (χ1) is 10.3. The second-order valence-electron chi connectivity index (χ2n) is 5.02. The van der Waals surface area contributed by atoms with Crippen molar-refractivity contribution in [1.82, 2.24) is 14.9 Å². The highest BCUT2D eigenvalue weighted by Gasteiger charge is 2.47. The fourth-order valence-electron chi connectivity index (χ4n) is 2.31. The highest BCUT2D eigenvalue weighted by molar-refractivity contribution is 5.74. The molecule has 1 aromatic rings. The van der Waals surface area contributed by atoms with Crippen LogP contribution in [0.5, 0.6) is 0 Å². The van der Waals surface area contributed by atoms with Crippen LogP contribution in [0.25, 0.3) is 6.08 Å². The molecule has 0 spiro atoms. The van der Waals surface area contributed by atoms with Crippen molar-refractivity contribution in [2.45, 2.75) is 25.1 Å². The Morgan fingerprint density at radius 1 is 1.50 bits per heavy atom. The van der Waals surface area contributed by atoms with Crippen LogP contribution in [0.15, 0.2) is 18.5 Å². The maximum atomic E-state index is 12.9. The van der Waals surface area contributed by atoms with E-state index >= 15 is 0 Å². The minimum atomic E-state index is -4.29. The molecule has 1 fully saturated rings. The summed E-state index contributed by atoms with van der Waals surface area (Å²) in [5.41, 5.74) is 11.4. The number of nitrogens with zero attached hydrogens (tertiary/aromatic N) is 4. The minimum Gasteiger partial charge on any atom is -0.384 e. The van der Waals surface area contributed by atoms with Gasteiger partial charge in [0.05, 0.1) is 19.8 Å². The van der Waals surface area contributed by atoms with Gasteiger partial charge in [-0.25, -0.2) is 14.9 Å². The van der Waals surface area contributed by atoms with Crippen molar-refractivity contribution in [1.29, 1.82) is 0 Å². The third kappa shape index (κ3) is 3.66. The number of rotatable bonds is 2. The molecule has 1 aromatic heterocycles. The van der Waals surface area contributed by atoms with Crippen molar-refractivity contribution in [2.24, 2.45) is 5.73 Å². The number of nitrogen functional groups attached to an aromatic ring is 1. The molecule has 1 aliphatic rings. The SMILES string of the molecule is CN(C=Cc1nccc(N)n1)C(N)=[N+]1CCCC1C(F)(F)F. The third-order valence-corrected chi connectivity index (χ3v) is 3.43. The van der Waals surface area contributed by atoms with E-state index in [9.17, 15) is 13.2 Å². The summed E-state index contributed by atoms with van der Waals surface area (Å²) in [5, 5.41) is 0. The van der Waals surface area contributed by atoms with E-state index in [4.69, 9.17) is 11.5 Å². The van der Waals surface area contributed by atoms with E-state index in [1.807, 2.05) is 0 Å². The maximum absolute atomic E-state index is 12.9. The van der Waals surface area contributed by atoms with Crippen LogP contribution < -0.4 is 11.5 Å². The molecule has 6 nitrogen and oxygen atoms in total. The molecule has 1 atom stereocenters. The van der Waals surface area contributed by atoms with Crippen LogP contribution in [-0.2, 0) is 0 Å². The van der Waals surface area contributed by atoms with Gasteiger partial charge in [-0.3, -0.25) is 10.3 Å². The molecule has 0 aromatic carbocycles. The highest BCUT2D eigenvalue weighted by Crippen LogP contribution is 2.30. The van der Waals surface area contributed by atoms with Gasteiger partial charge in [-0.05, 0) is 18.9 Å². The molecule has 1 saturated heterocycles. The molecule has 1 aliphatic heterocycles. The van der Waals surface area contributed by atoms with Gasteiger partial charge in [0.1, 0.15) is 5.82 Å².